The average molecular weight is 394 g/mol. The minimum Gasteiger partial charge on any atom is -0.332 e. The highest BCUT2D eigenvalue weighted by Crippen LogP contribution is 2.27. The Morgan fingerprint density at radius 1 is 1.19 bits per heavy atom. The van der Waals surface area contributed by atoms with Gasteiger partial charge < -0.3 is 15.5 Å². The number of nitrogens with one attached hydrogen (secondary N) is 2. The van der Waals surface area contributed by atoms with Crippen LogP contribution in [-0.4, -0.2) is 42.9 Å². The zero-order valence-corrected chi connectivity index (χ0v) is 15.3. The Morgan fingerprint density at radius 3 is 2.50 bits per heavy atom. The molecule has 1 aliphatic carbocycles. The number of carbonyl (C=O) groups excluding carboxylic acids is 2. The molecule has 1 aromatic rings. The van der Waals surface area contributed by atoms with Gasteiger partial charge in [0.05, 0.1) is 18.8 Å². The molecule has 0 unspecified atom stereocenters. The van der Waals surface area contributed by atoms with Gasteiger partial charge in [0.25, 0.3) is 0 Å². The molecule has 26 heavy (non-hydrogen) atoms. The molecule has 0 atom stereocenters. The largest absolute Gasteiger partial charge is 0.332 e. The van der Waals surface area contributed by atoms with Gasteiger partial charge in [-0.15, -0.1) is 12.4 Å². The maximum atomic E-state index is 13.6. The summed E-state index contributed by atoms with van der Waals surface area (Å²) in [5.74, 6) is -4.72. The van der Waals surface area contributed by atoms with E-state index in [4.69, 9.17) is 0 Å². The molecular formula is C17H23ClF3N3O2. The van der Waals surface area contributed by atoms with Crippen molar-refractivity contribution in [2.45, 2.75) is 26.2 Å². The molecule has 0 aromatic heterocycles. The number of benzene rings is 1. The molecule has 0 heterocycles. The van der Waals surface area contributed by atoms with E-state index in [0.717, 1.165) is 18.7 Å². The maximum Gasteiger partial charge on any atom is 0.244 e. The van der Waals surface area contributed by atoms with Gasteiger partial charge >= 0.3 is 0 Å². The third-order valence-electron chi connectivity index (χ3n) is 3.90. The molecule has 0 aliphatic heterocycles. The van der Waals surface area contributed by atoms with Gasteiger partial charge in [-0.3, -0.25) is 9.59 Å². The van der Waals surface area contributed by atoms with Crippen molar-refractivity contribution >= 4 is 29.9 Å². The molecule has 1 aromatic carbocycles. The molecule has 1 aliphatic rings. The average Bonchev–Trinajstić information content (AvgIpc) is 3.39. The van der Waals surface area contributed by atoms with Gasteiger partial charge in [-0.05, 0) is 43.9 Å². The van der Waals surface area contributed by atoms with E-state index in [2.05, 4.69) is 10.6 Å². The van der Waals surface area contributed by atoms with E-state index in [-0.39, 0.29) is 31.4 Å². The third-order valence-corrected chi connectivity index (χ3v) is 3.90. The van der Waals surface area contributed by atoms with Crippen LogP contribution in [0.4, 0.5) is 18.9 Å². The third kappa shape index (κ3) is 6.49. The predicted octanol–water partition coefficient (Wildman–Crippen LogP) is 2.70. The van der Waals surface area contributed by atoms with Gasteiger partial charge in [0.1, 0.15) is 0 Å². The first-order valence-corrected chi connectivity index (χ1v) is 8.34. The number of nitrogens with zero attached hydrogens (tertiary/aromatic N) is 1. The summed E-state index contributed by atoms with van der Waals surface area (Å²) >= 11 is 0. The second-order valence-electron chi connectivity index (χ2n) is 6.16. The molecule has 1 saturated carbocycles. The van der Waals surface area contributed by atoms with Crippen LogP contribution in [0.25, 0.3) is 0 Å². The summed E-state index contributed by atoms with van der Waals surface area (Å²) in [6, 6.07) is 1.67. The Morgan fingerprint density at radius 2 is 1.88 bits per heavy atom. The molecule has 2 amide bonds. The van der Waals surface area contributed by atoms with E-state index in [1.807, 2.05) is 6.92 Å². The molecule has 1 fully saturated rings. The van der Waals surface area contributed by atoms with Gasteiger partial charge in [-0.25, -0.2) is 13.2 Å². The van der Waals surface area contributed by atoms with Crippen molar-refractivity contribution in [2.24, 2.45) is 5.92 Å². The van der Waals surface area contributed by atoms with Crippen molar-refractivity contribution in [1.29, 1.82) is 0 Å². The van der Waals surface area contributed by atoms with Gasteiger partial charge in [-0.2, -0.15) is 0 Å². The molecule has 0 spiro atoms. The van der Waals surface area contributed by atoms with E-state index in [1.165, 1.54) is 17.7 Å². The predicted molar refractivity (Wildman–Crippen MR) is 94.7 cm³/mol. The van der Waals surface area contributed by atoms with E-state index >= 15 is 0 Å². The van der Waals surface area contributed by atoms with Gasteiger partial charge in [0.2, 0.25) is 11.8 Å². The molecule has 5 nitrogen and oxygen atoms in total. The van der Waals surface area contributed by atoms with E-state index < -0.39 is 29.0 Å². The Bertz CT molecular complexity index is 642. The summed E-state index contributed by atoms with van der Waals surface area (Å²) in [5, 5.41) is 5.23. The second kappa shape index (κ2) is 10.4. The van der Waals surface area contributed by atoms with Crippen LogP contribution < -0.4 is 10.6 Å². The Hall–Kier alpha value is -1.80. The van der Waals surface area contributed by atoms with Crippen LogP contribution in [0.15, 0.2) is 12.1 Å². The summed E-state index contributed by atoms with van der Waals surface area (Å²) in [6.45, 7) is 2.86. The fourth-order valence-corrected chi connectivity index (χ4v) is 2.36. The van der Waals surface area contributed by atoms with Crippen LogP contribution in [0.3, 0.4) is 0 Å². The van der Waals surface area contributed by atoms with Crippen LogP contribution in [0.2, 0.25) is 0 Å². The summed E-state index contributed by atoms with van der Waals surface area (Å²) in [4.78, 5) is 25.6. The summed E-state index contributed by atoms with van der Waals surface area (Å²) in [6.07, 6.45) is 2.99. The van der Waals surface area contributed by atoms with E-state index in [9.17, 15) is 22.8 Å². The lowest BCUT2D eigenvalue weighted by Crippen LogP contribution is -2.43. The molecule has 2 rings (SSSR count). The van der Waals surface area contributed by atoms with Crippen molar-refractivity contribution in [2.75, 3.05) is 31.5 Å². The topological polar surface area (TPSA) is 61.4 Å². The van der Waals surface area contributed by atoms with E-state index in [0.29, 0.717) is 18.9 Å². The lowest BCUT2D eigenvalue weighted by molar-refractivity contribution is -0.133. The van der Waals surface area contributed by atoms with Crippen LogP contribution in [0.1, 0.15) is 26.2 Å². The van der Waals surface area contributed by atoms with Gasteiger partial charge in [-0.1, -0.05) is 6.92 Å². The molecule has 146 valence electrons. The van der Waals surface area contributed by atoms with Crippen LogP contribution in [0, 0.1) is 23.4 Å². The first-order valence-electron chi connectivity index (χ1n) is 8.34. The summed E-state index contributed by atoms with van der Waals surface area (Å²) < 4.78 is 39.7. The van der Waals surface area contributed by atoms with Crippen molar-refractivity contribution in [3.63, 3.8) is 0 Å². The van der Waals surface area contributed by atoms with Crippen molar-refractivity contribution in [3.05, 3.63) is 29.6 Å². The van der Waals surface area contributed by atoms with Crippen LogP contribution >= 0.6 is 12.4 Å². The standard InChI is InChI=1S/C17H22F3N3O2.ClH/c1-2-7-23(15(25)9-21-8-11-3-4-11)10-14(24)22-13-6-5-12(18)16(19)17(13)20;/h5-6,11,21H,2-4,7-10H2,1H3,(H,22,24);1H. The summed E-state index contributed by atoms with van der Waals surface area (Å²) in [7, 11) is 0. The maximum absolute atomic E-state index is 13.6. The van der Waals surface area contributed by atoms with Crippen LogP contribution in [0.5, 0.6) is 0 Å². The highest BCUT2D eigenvalue weighted by atomic mass is 35.5. The Labute approximate surface area is 156 Å². The molecular weight excluding hydrogens is 371 g/mol. The number of hydrogen-bond donors (Lipinski definition) is 2. The number of amides is 2. The lowest BCUT2D eigenvalue weighted by Gasteiger charge is -2.22. The van der Waals surface area contributed by atoms with Crippen molar-refractivity contribution < 1.29 is 22.8 Å². The number of hydrogen-bond acceptors (Lipinski definition) is 3. The second-order valence-corrected chi connectivity index (χ2v) is 6.16. The first kappa shape index (κ1) is 22.2. The van der Waals surface area contributed by atoms with Crippen molar-refractivity contribution in [3.8, 4) is 0 Å². The number of carbonyl (C=O) groups is 2. The minimum atomic E-state index is -1.65. The molecule has 0 radical (unpaired) electrons. The smallest absolute Gasteiger partial charge is 0.244 e. The highest BCUT2D eigenvalue weighted by molar-refractivity contribution is 5.94. The number of halogens is 4. The fourth-order valence-electron chi connectivity index (χ4n) is 2.36. The quantitative estimate of drug-likeness (QED) is 0.634. The number of anilines is 1. The molecule has 0 bridgehead atoms. The van der Waals surface area contributed by atoms with E-state index in [1.54, 1.807) is 0 Å². The minimum absolute atomic E-state index is 0. The SMILES string of the molecule is CCCN(CC(=O)Nc1ccc(F)c(F)c1F)C(=O)CNCC1CC1.Cl. The number of rotatable bonds is 9. The Kier molecular flexibility index (Phi) is 8.87. The fraction of sp³-hybridized carbons (Fsp3) is 0.529. The normalized spacial score (nSPS) is 13.1. The first-order chi connectivity index (χ1) is 11.9. The molecule has 9 heteroatoms. The van der Waals surface area contributed by atoms with Gasteiger partial charge in [0.15, 0.2) is 17.5 Å². The lowest BCUT2D eigenvalue weighted by atomic mass is 10.2. The monoisotopic (exact) mass is 393 g/mol. The molecule has 2 N–H and O–H groups in total. The molecule has 0 saturated heterocycles. The highest BCUT2D eigenvalue weighted by Gasteiger charge is 2.22. The zero-order valence-electron chi connectivity index (χ0n) is 14.5. The van der Waals surface area contributed by atoms with Crippen LogP contribution in [-0.2, 0) is 9.59 Å². The van der Waals surface area contributed by atoms with Crippen molar-refractivity contribution in [1.82, 2.24) is 10.2 Å². The Balaban J connectivity index is 0.00000338. The summed E-state index contributed by atoms with van der Waals surface area (Å²) in [5.41, 5.74) is -0.459. The van der Waals surface area contributed by atoms with Gasteiger partial charge in [0, 0.05) is 6.54 Å². The zero-order chi connectivity index (χ0) is 18.4.